The fourth-order valence-corrected chi connectivity index (χ4v) is 10.2. The fourth-order valence-electron chi connectivity index (χ4n) is 10.2. The molecule has 5 fully saturated rings. The van der Waals surface area contributed by atoms with Crippen molar-refractivity contribution in [2.24, 2.45) is 52.3 Å². The molecule has 0 aromatic heterocycles. The molecule has 4 atom stereocenters. The van der Waals surface area contributed by atoms with E-state index in [1.165, 1.54) is 38.5 Å². The Balaban J connectivity index is 1.18. The van der Waals surface area contributed by atoms with Crippen molar-refractivity contribution in [3.8, 4) is 0 Å². The van der Waals surface area contributed by atoms with Gasteiger partial charge < -0.3 is 4.90 Å². The number of aliphatic imine (C=N–C) groups is 1. The van der Waals surface area contributed by atoms with Crippen LogP contribution in [0.5, 0.6) is 0 Å². The van der Waals surface area contributed by atoms with Crippen LogP contribution in [0.25, 0.3) is 0 Å². The molecule has 4 bridgehead atoms. The highest BCUT2D eigenvalue weighted by atomic mass is 15.2. The Morgan fingerprint density at radius 2 is 1.78 bits per heavy atom. The second kappa shape index (κ2) is 6.97. The Kier molecular flexibility index (Phi) is 4.10. The first-order chi connectivity index (χ1) is 15.8. The largest absolute Gasteiger partial charge is 0.341 e. The van der Waals surface area contributed by atoms with Crippen molar-refractivity contribution in [3.05, 3.63) is 46.8 Å². The zero-order chi connectivity index (χ0) is 20.8. The molecular weight excluding hydrogens is 388 g/mol. The molecule has 0 radical (unpaired) electrons. The van der Waals surface area contributed by atoms with Crippen molar-refractivity contribution in [2.75, 3.05) is 6.54 Å². The topological polar surface area (TPSA) is 15.6 Å². The Bertz CT molecular complexity index is 949. The van der Waals surface area contributed by atoms with E-state index >= 15 is 0 Å². The van der Waals surface area contributed by atoms with Crippen LogP contribution in [-0.2, 0) is 0 Å². The summed E-state index contributed by atoms with van der Waals surface area (Å²) in [6.45, 7) is 1.02. The molecular formula is C30H38N2. The second-order valence-corrected chi connectivity index (χ2v) is 12.6. The van der Waals surface area contributed by atoms with Gasteiger partial charge in [0.05, 0.1) is 6.04 Å². The van der Waals surface area contributed by atoms with E-state index in [1.807, 2.05) is 5.57 Å². The van der Waals surface area contributed by atoms with Gasteiger partial charge in [0, 0.05) is 36.0 Å². The summed E-state index contributed by atoms with van der Waals surface area (Å²) in [5, 5.41) is 0. The Morgan fingerprint density at radius 3 is 2.62 bits per heavy atom. The number of nitrogens with zero attached hydrogens (tertiary/aromatic N) is 2. The van der Waals surface area contributed by atoms with Gasteiger partial charge in [-0.25, -0.2) is 0 Å². The van der Waals surface area contributed by atoms with E-state index in [0.717, 1.165) is 48.0 Å². The molecule has 9 aliphatic rings. The lowest BCUT2D eigenvalue weighted by Crippen LogP contribution is -2.46. The molecule has 0 amide bonds. The Hall–Kier alpha value is -1.57. The standard InChI is InChI=1S/C30H38N2/c1-2-4-28-20(3-1)5-7-24-21(16-26-22-12-18-11-19(14-22)15-23(26)13-18)6-8-25-27-17-31-10-9-29(27)32(28)30(24)25/h1,3,5,9-10,18-19,21-23,25-28H,2,4,6-8,11-17H2/t18?,19?,21?,22?,23?,25-,26?,27-,28?/m1/s1. The third-order valence-corrected chi connectivity index (χ3v) is 11.2. The van der Waals surface area contributed by atoms with E-state index in [2.05, 4.69) is 35.4 Å². The summed E-state index contributed by atoms with van der Waals surface area (Å²) in [7, 11) is 0. The van der Waals surface area contributed by atoms with Crippen LogP contribution in [-0.4, -0.2) is 23.7 Å². The number of dihydropyridines is 1. The van der Waals surface area contributed by atoms with Gasteiger partial charge in [0.25, 0.3) is 0 Å². The van der Waals surface area contributed by atoms with E-state index in [0.29, 0.717) is 12.0 Å². The van der Waals surface area contributed by atoms with Gasteiger partial charge in [-0.1, -0.05) is 18.2 Å². The average molecular weight is 427 g/mol. The Labute approximate surface area is 193 Å². The lowest BCUT2D eigenvalue weighted by molar-refractivity contribution is -0.0451. The lowest BCUT2D eigenvalue weighted by Gasteiger charge is -2.55. The zero-order valence-corrected chi connectivity index (χ0v) is 19.5. The summed E-state index contributed by atoms with van der Waals surface area (Å²) in [5.41, 5.74) is 6.86. The first-order valence-electron chi connectivity index (χ1n) is 13.9. The first kappa shape index (κ1) is 18.8. The van der Waals surface area contributed by atoms with E-state index in [1.54, 1.807) is 49.1 Å². The van der Waals surface area contributed by atoms with E-state index in [-0.39, 0.29) is 0 Å². The normalized spacial score (nSPS) is 47.6. The summed E-state index contributed by atoms with van der Waals surface area (Å²) in [6.07, 6.45) is 28.0. The highest BCUT2D eigenvalue weighted by Crippen LogP contribution is 2.60. The quantitative estimate of drug-likeness (QED) is 0.481. The highest BCUT2D eigenvalue weighted by Gasteiger charge is 2.52. The maximum atomic E-state index is 4.74. The third-order valence-electron chi connectivity index (χ3n) is 11.2. The average Bonchev–Trinajstić information content (AvgIpc) is 3.03. The van der Waals surface area contributed by atoms with E-state index in [4.69, 9.17) is 4.99 Å². The molecule has 3 aliphatic heterocycles. The van der Waals surface area contributed by atoms with Gasteiger partial charge in [-0.2, -0.15) is 0 Å². The summed E-state index contributed by atoms with van der Waals surface area (Å²) in [5.74, 6) is 7.61. The van der Waals surface area contributed by atoms with E-state index in [9.17, 15) is 0 Å². The minimum Gasteiger partial charge on any atom is -0.341 e. The van der Waals surface area contributed by atoms with Crippen molar-refractivity contribution >= 4 is 6.21 Å². The number of allylic oxidation sites excluding steroid dienone is 5. The molecule has 2 nitrogen and oxygen atoms in total. The number of rotatable bonds is 2. The van der Waals surface area contributed by atoms with Gasteiger partial charge in [-0.05, 0) is 123 Å². The van der Waals surface area contributed by atoms with Crippen LogP contribution in [0.4, 0.5) is 0 Å². The summed E-state index contributed by atoms with van der Waals surface area (Å²) in [4.78, 5) is 7.61. The van der Waals surface area contributed by atoms with Gasteiger partial charge in [0.15, 0.2) is 0 Å². The molecule has 9 rings (SSSR count). The molecule has 168 valence electrons. The van der Waals surface area contributed by atoms with Crippen LogP contribution < -0.4 is 0 Å². The minimum atomic E-state index is 0.581. The smallest absolute Gasteiger partial charge is 0.0585 e. The number of fused-ring (bicyclic) bond motifs is 5. The third kappa shape index (κ3) is 2.62. The van der Waals surface area contributed by atoms with Crippen molar-refractivity contribution in [2.45, 2.75) is 76.7 Å². The fraction of sp³-hybridized carbons (Fsp3) is 0.700. The SMILES string of the molecule is C1=CC2=CCC3=C4[C@H](CCC3CC3C5CC6CC(C5)CC3C6)[C@H]3CN=CC=C3N4C2CC1. The molecule has 0 aromatic rings. The molecule has 0 spiro atoms. The first-order valence-corrected chi connectivity index (χ1v) is 13.9. The molecule has 0 N–H and O–H groups in total. The van der Waals surface area contributed by atoms with Gasteiger partial charge in [-0.3, -0.25) is 4.99 Å². The summed E-state index contributed by atoms with van der Waals surface area (Å²) < 4.78 is 0. The molecule has 2 heteroatoms. The lowest BCUT2D eigenvalue weighted by atomic mass is 9.50. The van der Waals surface area contributed by atoms with Crippen LogP contribution in [0, 0.1) is 47.3 Å². The van der Waals surface area contributed by atoms with Crippen LogP contribution >= 0.6 is 0 Å². The van der Waals surface area contributed by atoms with Crippen LogP contribution in [0.3, 0.4) is 0 Å². The molecule has 1 saturated heterocycles. The predicted molar refractivity (Wildman–Crippen MR) is 130 cm³/mol. The van der Waals surface area contributed by atoms with Crippen molar-refractivity contribution in [1.82, 2.24) is 4.90 Å². The summed E-state index contributed by atoms with van der Waals surface area (Å²) in [6, 6.07) is 0.581. The van der Waals surface area contributed by atoms with E-state index < -0.39 is 0 Å². The Morgan fingerprint density at radius 1 is 0.938 bits per heavy atom. The molecule has 32 heavy (non-hydrogen) atoms. The highest BCUT2D eigenvalue weighted by molar-refractivity contribution is 5.74. The van der Waals surface area contributed by atoms with Crippen LogP contribution in [0.15, 0.2) is 51.8 Å². The number of hydrogen-bond donors (Lipinski definition) is 0. The van der Waals surface area contributed by atoms with Gasteiger partial charge >= 0.3 is 0 Å². The van der Waals surface area contributed by atoms with Crippen molar-refractivity contribution < 1.29 is 0 Å². The van der Waals surface area contributed by atoms with Crippen molar-refractivity contribution in [3.63, 3.8) is 0 Å². The van der Waals surface area contributed by atoms with Crippen LogP contribution in [0.2, 0.25) is 0 Å². The maximum Gasteiger partial charge on any atom is 0.0585 e. The molecule has 6 aliphatic carbocycles. The molecule has 2 unspecified atom stereocenters. The van der Waals surface area contributed by atoms with Gasteiger partial charge in [0.1, 0.15) is 0 Å². The predicted octanol–water partition coefficient (Wildman–Crippen LogP) is 6.68. The number of hydrogen-bond acceptors (Lipinski definition) is 2. The molecule has 3 heterocycles. The van der Waals surface area contributed by atoms with Crippen LogP contribution in [0.1, 0.15) is 70.6 Å². The van der Waals surface area contributed by atoms with Crippen molar-refractivity contribution in [1.29, 1.82) is 0 Å². The van der Waals surface area contributed by atoms with Gasteiger partial charge in [-0.15, -0.1) is 0 Å². The second-order valence-electron chi connectivity index (χ2n) is 12.6. The van der Waals surface area contributed by atoms with Gasteiger partial charge in [0.2, 0.25) is 0 Å². The maximum absolute atomic E-state index is 4.74. The minimum absolute atomic E-state index is 0.581. The zero-order valence-electron chi connectivity index (χ0n) is 19.5. The molecule has 0 aromatic carbocycles. The molecule has 4 saturated carbocycles. The summed E-state index contributed by atoms with van der Waals surface area (Å²) >= 11 is 0. The monoisotopic (exact) mass is 426 g/mol.